The van der Waals surface area contributed by atoms with Gasteiger partial charge in [0.2, 0.25) is 0 Å². The second kappa shape index (κ2) is 15.3. The molecule has 0 spiro atoms. The molecular formula is C44H42F2N4S4. The number of aromatic nitrogens is 4. The van der Waals surface area contributed by atoms with Gasteiger partial charge < -0.3 is 0 Å². The lowest BCUT2D eigenvalue weighted by Gasteiger charge is -2.13. The van der Waals surface area contributed by atoms with E-state index in [9.17, 15) is 0 Å². The van der Waals surface area contributed by atoms with Gasteiger partial charge in [-0.15, -0.1) is 34.0 Å². The Kier molecular flexibility index (Phi) is 10.5. The third-order valence-electron chi connectivity index (χ3n) is 10.1. The van der Waals surface area contributed by atoms with Gasteiger partial charge in [-0.3, -0.25) is 0 Å². The molecule has 54 heavy (non-hydrogen) atoms. The molecule has 0 radical (unpaired) electrons. The van der Waals surface area contributed by atoms with Gasteiger partial charge in [-0.2, -0.15) is 8.75 Å². The van der Waals surface area contributed by atoms with Crippen LogP contribution in [0.25, 0.3) is 73.2 Å². The summed E-state index contributed by atoms with van der Waals surface area (Å²) in [5.74, 6) is 0.775. The summed E-state index contributed by atoms with van der Waals surface area (Å²) in [6.07, 6.45) is 5.33. The van der Waals surface area contributed by atoms with Crippen LogP contribution in [-0.4, -0.2) is 18.7 Å². The number of nitrogens with zero attached hydrogens (tertiary/aromatic N) is 4. The van der Waals surface area contributed by atoms with E-state index in [2.05, 4.69) is 65.8 Å². The molecule has 0 unspecified atom stereocenters. The number of thiophene rings is 3. The molecule has 3 aromatic carbocycles. The monoisotopic (exact) mass is 792 g/mol. The molecule has 5 heterocycles. The van der Waals surface area contributed by atoms with E-state index in [1.807, 2.05) is 24.3 Å². The number of aryl methyl sites for hydroxylation is 4. The van der Waals surface area contributed by atoms with E-state index in [1.165, 1.54) is 11.7 Å². The minimum Gasteiger partial charge on any atom is -0.249 e. The van der Waals surface area contributed by atoms with Gasteiger partial charge in [0.05, 0.1) is 23.1 Å². The van der Waals surface area contributed by atoms with E-state index in [-0.39, 0.29) is 11.6 Å². The fraction of sp³-hybridized carbons (Fsp3) is 0.318. The summed E-state index contributed by atoms with van der Waals surface area (Å²) in [7, 11) is 0. The Morgan fingerprint density at radius 1 is 0.537 bits per heavy atom. The Morgan fingerprint density at radius 2 is 1.02 bits per heavy atom. The molecule has 0 saturated heterocycles. The van der Waals surface area contributed by atoms with Crippen molar-refractivity contribution in [2.45, 2.75) is 80.1 Å². The first-order chi connectivity index (χ1) is 26.1. The first kappa shape index (κ1) is 37.0. The predicted molar refractivity (Wildman–Crippen MR) is 228 cm³/mol. The summed E-state index contributed by atoms with van der Waals surface area (Å²) in [6, 6.07) is 19.7. The second-order valence-electron chi connectivity index (χ2n) is 14.8. The third kappa shape index (κ3) is 7.02. The van der Waals surface area contributed by atoms with Gasteiger partial charge in [-0.05, 0) is 97.9 Å². The van der Waals surface area contributed by atoms with Crippen LogP contribution in [0.4, 0.5) is 8.78 Å². The minimum absolute atomic E-state index is 0.172. The van der Waals surface area contributed by atoms with Crippen LogP contribution >= 0.6 is 45.7 Å². The largest absolute Gasteiger partial charge is 0.249 e. The van der Waals surface area contributed by atoms with E-state index in [0.717, 1.165) is 123 Å². The zero-order valence-corrected chi connectivity index (χ0v) is 34.6. The van der Waals surface area contributed by atoms with Gasteiger partial charge in [0.1, 0.15) is 33.7 Å². The molecule has 0 saturated carbocycles. The quantitative estimate of drug-likeness (QED) is 0.124. The van der Waals surface area contributed by atoms with Gasteiger partial charge in [0.15, 0.2) is 0 Å². The summed E-state index contributed by atoms with van der Waals surface area (Å²) in [4.78, 5) is 14.4. The van der Waals surface area contributed by atoms with Gasteiger partial charge in [0, 0.05) is 51.2 Å². The number of halogens is 2. The van der Waals surface area contributed by atoms with E-state index in [1.54, 1.807) is 46.1 Å². The Morgan fingerprint density at radius 3 is 1.54 bits per heavy atom. The number of hydrogen-bond donors (Lipinski definition) is 0. The molecule has 0 N–H and O–H groups in total. The summed E-state index contributed by atoms with van der Waals surface area (Å²) in [5.41, 5.74) is 10.2. The SMILES string of the molecule is CCc1nc2c(-c3ccc(-c4ccc(CCC(C)C)cc4F)s3)c3nsnc3c(-c3cc4sc(-c5ccc(CCC(C)C)cc5F)cc4s3)c2nc1CC. The van der Waals surface area contributed by atoms with Gasteiger partial charge in [-0.25, -0.2) is 18.7 Å². The highest BCUT2D eigenvalue weighted by molar-refractivity contribution is 7.31. The Balaban J connectivity index is 1.23. The van der Waals surface area contributed by atoms with E-state index >= 15 is 8.78 Å². The van der Waals surface area contributed by atoms with Crippen molar-refractivity contribution in [1.82, 2.24) is 18.7 Å². The van der Waals surface area contributed by atoms with Crippen molar-refractivity contribution in [3.63, 3.8) is 0 Å². The smallest absolute Gasteiger partial charge is 0.132 e. The maximum absolute atomic E-state index is 15.6. The maximum Gasteiger partial charge on any atom is 0.132 e. The molecule has 8 rings (SSSR count). The van der Waals surface area contributed by atoms with Crippen molar-refractivity contribution in [1.29, 1.82) is 0 Å². The van der Waals surface area contributed by atoms with Crippen LogP contribution in [0.2, 0.25) is 0 Å². The summed E-state index contributed by atoms with van der Waals surface area (Å²) < 4.78 is 42.9. The van der Waals surface area contributed by atoms with Crippen molar-refractivity contribution in [3.05, 3.63) is 94.8 Å². The number of hydrogen-bond acceptors (Lipinski definition) is 8. The molecular weight excluding hydrogens is 751 g/mol. The zero-order chi connectivity index (χ0) is 37.7. The van der Waals surface area contributed by atoms with Crippen LogP contribution in [0.15, 0.2) is 60.7 Å². The Labute approximate surface area is 331 Å². The van der Waals surface area contributed by atoms with E-state index < -0.39 is 0 Å². The molecule has 0 bridgehead atoms. The molecule has 0 atom stereocenters. The normalized spacial score (nSPS) is 12.1. The molecule has 0 amide bonds. The first-order valence-electron chi connectivity index (χ1n) is 18.8. The summed E-state index contributed by atoms with van der Waals surface area (Å²) in [6.45, 7) is 13.0. The van der Waals surface area contributed by atoms with Gasteiger partial charge >= 0.3 is 0 Å². The van der Waals surface area contributed by atoms with Gasteiger partial charge in [0.25, 0.3) is 0 Å². The lowest BCUT2D eigenvalue weighted by atomic mass is 10.0. The van der Waals surface area contributed by atoms with Crippen LogP contribution in [0, 0.1) is 23.5 Å². The Hall–Kier alpha value is -3.96. The van der Waals surface area contributed by atoms with E-state index in [0.29, 0.717) is 23.0 Å². The Bertz CT molecular complexity index is 2610. The summed E-state index contributed by atoms with van der Waals surface area (Å²) >= 11 is 6.01. The molecule has 10 heteroatoms. The predicted octanol–water partition coefficient (Wildman–Crippen LogP) is 14.2. The van der Waals surface area contributed by atoms with Crippen molar-refractivity contribution in [2.24, 2.45) is 11.8 Å². The highest BCUT2D eigenvalue weighted by Crippen LogP contribution is 2.49. The molecule has 0 aliphatic heterocycles. The maximum atomic E-state index is 15.6. The highest BCUT2D eigenvalue weighted by atomic mass is 32.1. The first-order valence-corrected chi connectivity index (χ1v) is 22.0. The highest BCUT2D eigenvalue weighted by Gasteiger charge is 2.26. The number of rotatable bonds is 12. The van der Waals surface area contributed by atoms with Crippen molar-refractivity contribution < 1.29 is 8.78 Å². The molecule has 0 fully saturated rings. The molecule has 0 aliphatic carbocycles. The average Bonchev–Trinajstić information content (AvgIpc) is 3.97. The third-order valence-corrected chi connectivity index (χ3v) is 14.1. The number of benzene rings is 3. The van der Waals surface area contributed by atoms with Crippen molar-refractivity contribution >= 4 is 77.2 Å². The second-order valence-corrected chi connectivity index (χ2v) is 18.6. The lowest BCUT2D eigenvalue weighted by molar-refractivity contribution is 0.582. The molecule has 276 valence electrons. The lowest BCUT2D eigenvalue weighted by Crippen LogP contribution is -2.03. The molecule has 0 aliphatic rings. The molecule has 5 aromatic heterocycles. The van der Waals surface area contributed by atoms with Crippen LogP contribution in [-0.2, 0) is 25.7 Å². The van der Waals surface area contributed by atoms with Crippen LogP contribution in [0.5, 0.6) is 0 Å². The van der Waals surface area contributed by atoms with Crippen LogP contribution in [0.3, 0.4) is 0 Å². The molecule has 4 nitrogen and oxygen atoms in total. The van der Waals surface area contributed by atoms with Gasteiger partial charge in [-0.1, -0.05) is 65.8 Å². The van der Waals surface area contributed by atoms with Crippen molar-refractivity contribution in [3.8, 4) is 41.8 Å². The minimum atomic E-state index is -0.201. The number of fused-ring (bicyclic) bond motifs is 3. The fourth-order valence-corrected chi connectivity index (χ4v) is 11.2. The standard InChI is InChI=1S/C44H42F2N4S4/c1-7-31-32(8-2)48-42-40(38-22-37-36(53-38)21-35(52-37)28-16-14-26(20-30(28)46)12-10-24(5)6)44-43(49-54-50-44)39(41(42)47-31)34-18-17-33(51-34)27-15-13-25(19-29(27)45)11-9-23(3)4/h13-24H,7-12H2,1-6H3. The summed E-state index contributed by atoms with van der Waals surface area (Å²) in [5, 5.41) is 0. The van der Waals surface area contributed by atoms with Crippen LogP contribution in [0.1, 0.15) is 76.9 Å². The average molecular weight is 793 g/mol. The van der Waals surface area contributed by atoms with Crippen molar-refractivity contribution in [2.75, 3.05) is 0 Å². The molecule has 8 aromatic rings. The fourth-order valence-electron chi connectivity index (χ4n) is 7.07. The topological polar surface area (TPSA) is 51.6 Å². The zero-order valence-electron chi connectivity index (χ0n) is 31.3. The van der Waals surface area contributed by atoms with Crippen LogP contribution < -0.4 is 0 Å². The van der Waals surface area contributed by atoms with E-state index in [4.69, 9.17) is 18.7 Å².